The van der Waals surface area contributed by atoms with Crippen LogP contribution in [0.15, 0.2) is 28.7 Å². The average molecular weight is 350 g/mol. The smallest absolute Gasteiger partial charge is 0.179 e. The summed E-state index contributed by atoms with van der Waals surface area (Å²) >= 11 is 3.43. The Morgan fingerprint density at radius 2 is 1.81 bits per heavy atom. The highest BCUT2D eigenvalue weighted by atomic mass is 79.9. The fourth-order valence-electron chi connectivity index (χ4n) is 4.15. The summed E-state index contributed by atoms with van der Waals surface area (Å²) in [5.41, 5.74) is 0.837. The molecule has 114 valence electrons. The van der Waals surface area contributed by atoms with E-state index in [1.54, 1.807) is 0 Å². The third-order valence-corrected chi connectivity index (χ3v) is 5.82. The largest absolute Gasteiger partial charge is 0.292 e. The minimum absolute atomic E-state index is 0.0112. The molecule has 0 aromatic heterocycles. The van der Waals surface area contributed by atoms with Gasteiger partial charge in [0.15, 0.2) is 5.78 Å². The van der Waals surface area contributed by atoms with Crippen LogP contribution >= 0.6 is 15.9 Å². The molecule has 3 heteroatoms. The number of halogens is 1. The molecule has 0 radical (unpaired) electrons. The van der Waals surface area contributed by atoms with Gasteiger partial charge < -0.3 is 0 Å². The zero-order valence-corrected chi connectivity index (χ0v) is 14.3. The van der Waals surface area contributed by atoms with Crippen molar-refractivity contribution < 1.29 is 4.79 Å². The van der Waals surface area contributed by atoms with Gasteiger partial charge in [0, 0.05) is 16.1 Å². The number of piperidine rings is 1. The van der Waals surface area contributed by atoms with Crippen LogP contribution in [-0.4, -0.2) is 29.3 Å². The van der Waals surface area contributed by atoms with Gasteiger partial charge in [0.25, 0.3) is 0 Å². The standard InChI is InChI=1S/C18H24BrNO/c1-13(18(21)15-8-10-16(19)11-9-15)20-12-4-6-14-5-2-3-7-17(14)20/h8-11,13-14,17H,2-7,12H2,1H3. The summed E-state index contributed by atoms with van der Waals surface area (Å²) in [5, 5.41) is 0. The summed E-state index contributed by atoms with van der Waals surface area (Å²) in [6, 6.07) is 8.44. The van der Waals surface area contributed by atoms with Gasteiger partial charge in [0.1, 0.15) is 0 Å². The van der Waals surface area contributed by atoms with Crippen LogP contribution in [0.5, 0.6) is 0 Å². The summed E-state index contributed by atoms with van der Waals surface area (Å²) in [6.45, 7) is 3.19. The highest BCUT2D eigenvalue weighted by molar-refractivity contribution is 9.10. The number of carbonyl (C=O) groups excluding carboxylic acids is 1. The van der Waals surface area contributed by atoms with Crippen LogP contribution in [0.3, 0.4) is 0 Å². The molecule has 0 amide bonds. The van der Waals surface area contributed by atoms with E-state index in [2.05, 4.69) is 27.8 Å². The maximum Gasteiger partial charge on any atom is 0.179 e. The molecule has 1 aliphatic carbocycles. The lowest BCUT2D eigenvalue weighted by Gasteiger charge is -2.46. The van der Waals surface area contributed by atoms with E-state index >= 15 is 0 Å². The Balaban J connectivity index is 1.75. The van der Waals surface area contributed by atoms with Crippen LogP contribution in [0.4, 0.5) is 0 Å². The molecule has 3 atom stereocenters. The van der Waals surface area contributed by atoms with E-state index in [1.165, 1.54) is 38.5 Å². The van der Waals surface area contributed by atoms with E-state index in [9.17, 15) is 4.79 Å². The number of likely N-dealkylation sites (tertiary alicyclic amines) is 1. The molecule has 2 fully saturated rings. The van der Waals surface area contributed by atoms with Crippen molar-refractivity contribution in [1.29, 1.82) is 0 Å². The molecule has 1 saturated carbocycles. The second-order valence-corrected chi connectivity index (χ2v) is 7.45. The van der Waals surface area contributed by atoms with Crippen molar-refractivity contribution in [2.75, 3.05) is 6.54 Å². The van der Waals surface area contributed by atoms with Gasteiger partial charge in [-0.1, -0.05) is 40.9 Å². The van der Waals surface area contributed by atoms with Gasteiger partial charge in [0.2, 0.25) is 0 Å². The van der Waals surface area contributed by atoms with Gasteiger partial charge in [-0.15, -0.1) is 0 Å². The number of fused-ring (bicyclic) bond motifs is 1. The fraction of sp³-hybridized carbons (Fsp3) is 0.611. The van der Waals surface area contributed by atoms with Crippen molar-refractivity contribution in [2.45, 2.75) is 57.5 Å². The number of rotatable bonds is 3. The first-order valence-electron chi connectivity index (χ1n) is 8.22. The van der Waals surface area contributed by atoms with Crippen molar-refractivity contribution >= 4 is 21.7 Å². The molecule has 3 unspecified atom stereocenters. The lowest BCUT2D eigenvalue weighted by atomic mass is 9.77. The van der Waals surface area contributed by atoms with E-state index in [4.69, 9.17) is 0 Å². The van der Waals surface area contributed by atoms with Crippen LogP contribution in [0, 0.1) is 5.92 Å². The molecule has 2 nitrogen and oxygen atoms in total. The number of nitrogens with zero attached hydrogens (tertiary/aromatic N) is 1. The predicted molar refractivity (Wildman–Crippen MR) is 89.6 cm³/mol. The van der Waals surface area contributed by atoms with E-state index in [-0.39, 0.29) is 11.8 Å². The average Bonchev–Trinajstić information content (AvgIpc) is 2.53. The van der Waals surface area contributed by atoms with Crippen LogP contribution < -0.4 is 0 Å². The maximum atomic E-state index is 12.8. The van der Waals surface area contributed by atoms with Gasteiger partial charge in [0.05, 0.1) is 6.04 Å². The van der Waals surface area contributed by atoms with Crippen molar-refractivity contribution in [2.24, 2.45) is 5.92 Å². The van der Waals surface area contributed by atoms with E-state index in [0.717, 1.165) is 22.5 Å². The molecule has 0 spiro atoms. The lowest BCUT2D eigenvalue weighted by molar-refractivity contribution is 0.0297. The first-order chi connectivity index (χ1) is 10.2. The van der Waals surface area contributed by atoms with Crippen molar-refractivity contribution in [3.8, 4) is 0 Å². The number of carbonyl (C=O) groups is 1. The molecule has 1 heterocycles. The summed E-state index contributed by atoms with van der Waals surface area (Å²) < 4.78 is 1.03. The van der Waals surface area contributed by atoms with Crippen LogP contribution in [0.25, 0.3) is 0 Å². The van der Waals surface area contributed by atoms with Crippen molar-refractivity contribution in [3.05, 3.63) is 34.3 Å². The molecule has 1 aromatic carbocycles. The third kappa shape index (κ3) is 3.24. The van der Waals surface area contributed by atoms with Gasteiger partial charge in [-0.25, -0.2) is 0 Å². The SMILES string of the molecule is CC(C(=O)c1ccc(Br)cc1)N1CCCC2CCCCC21. The molecule has 1 saturated heterocycles. The number of Topliss-reactive ketones (excluding diaryl/α,β-unsaturated/α-hetero) is 1. The Morgan fingerprint density at radius 3 is 2.57 bits per heavy atom. The zero-order chi connectivity index (χ0) is 14.8. The maximum absolute atomic E-state index is 12.8. The third-order valence-electron chi connectivity index (χ3n) is 5.29. The quantitative estimate of drug-likeness (QED) is 0.738. The van der Waals surface area contributed by atoms with Gasteiger partial charge in [-0.3, -0.25) is 9.69 Å². The molecule has 0 bridgehead atoms. The summed E-state index contributed by atoms with van der Waals surface area (Å²) in [6.07, 6.45) is 7.96. The number of hydrogen-bond acceptors (Lipinski definition) is 2. The Kier molecular flexibility index (Phi) is 4.80. The molecule has 0 N–H and O–H groups in total. The van der Waals surface area contributed by atoms with Gasteiger partial charge in [-0.05, 0) is 57.2 Å². The Hall–Kier alpha value is -0.670. The van der Waals surface area contributed by atoms with Crippen LogP contribution in [0.2, 0.25) is 0 Å². The van der Waals surface area contributed by atoms with Crippen LogP contribution in [-0.2, 0) is 0 Å². The first kappa shape index (κ1) is 15.2. The second kappa shape index (κ2) is 6.62. The normalized spacial score (nSPS) is 27.9. The molecule has 2 aliphatic rings. The zero-order valence-electron chi connectivity index (χ0n) is 12.7. The summed E-state index contributed by atoms with van der Waals surface area (Å²) in [5.74, 6) is 1.10. The van der Waals surface area contributed by atoms with Gasteiger partial charge in [-0.2, -0.15) is 0 Å². The Bertz CT molecular complexity index is 496. The number of hydrogen-bond donors (Lipinski definition) is 0. The Labute approximate surface area is 136 Å². The molecule has 1 aliphatic heterocycles. The monoisotopic (exact) mass is 349 g/mol. The topological polar surface area (TPSA) is 20.3 Å². The lowest BCUT2D eigenvalue weighted by Crippen LogP contribution is -2.53. The second-order valence-electron chi connectivity index (χ2n) is 6.54. The summed E-state index contributed by atoms with van der Waals surface area (Å²) in [7, 11) is 0. The molecule has 1 aromatic rings. The van der Waals surface area contributed by atoms with E-state index in [1.807, 2.05) is 24.3 Å². The van der Waals surface area contributed by atoms with Crippen molar-refractivity contribution in [3.63, 3.8) is 0 Å². The Morgan fingerprint density at radius 1 is 1.14 bits per heavy atom. The first-order valence-corrected chi connectivity index (χ1v) is 9.01. The van der Waals surface area contributed by atoms with Crippen molar-refractivity contribution in [1.82, 2.24) is 4.90 Å². The minimum Gasteiger partial charge on any atom is -0.292 e. The molecular formula is C18H24BrNO. The minimum atomic E-state index is 0.0112. The fourth-order valence-corrected chi connectivity index (χ4v) is 4.41. The van der Waals surface area contributed by atoms with E-state index < -0.39 is 0 Å². The predicted octanol–water partition coefficient (Wildman–Crippen LogP) is 4.67. The summed E-state index contributed by atoms with van der Waals surface area (Å²) in [4.78, 5) is 15.3. The number of benzene rings is 1. The molecular weight excluding hydrogens is 326 g/mol. The van der Waals surface area contributed by atoms with Gasteiger partial charge >= 0.3 is 0 Å². The number of ketones is 1. The highest BCUT2D eigenvalue weighted by Gasteiger charge is 2.37. The van der Waals surface area contributed by atoms with Crippen LogP contribution in [0.1, 0.15) is 55.8 Å². The highest BCUT2D eigenvalue weighted by Crippen LogP contribution is 2.36. The van der Waals surface area contributed by atoms with E-state index in [0.29, 0.717) is 6.04 Å². The molecule has 3 rings (SSSR count). The molecule has 21 heavy (non-hydrogen) atoms.